The average Bonchev–Trinajstić information content (AvgIpc) is 3.48. The zero-order valence-corrected chi connectivity index (χ0v) is 21.5. The Morgan fingerprint density at radius 1 is 0.973 bits per heavy atom. The average molecular weight is 528 g/mol. The first-order valence-corrected chi connectivity index (χ1v) is 13.8. The number of hydrogen-bond donors (Lipinski definition) is 1. The van der Waals surface area contributed by atoms with Crippen molar-refractivity contribution < 1.29 is 13.9 Å². The maximum atomic E-state index is 14.9. The van der Waals surface area contributed by atoms with Gasteiger partial charge in [-0.05, 0) is 37.3 Å². The number of benzene rings is 1. The summed E-state index contributed by atoms with van der Waals surface area (Å²) in [4.78, 5) is 24.2. The molecule has 0 aliphatic heterocycles. The van der Waals surface area contributed by atoms with E-state index in [1.54, 1.807) is 11.3 Å². The minimum Gasteiger partial charge on any atom is -0.381 e. The predicted molar refractivity (Wildman–Crippen MR) is 139 cm³/mol. The molecular formula is C27H31F2N5O2S. The van der Waals surface area contributed by atoms with Gasteiger partial charge in [0.1, 0.15) is 34.7 Å². The molecule has 0 radical (unpaired) electrons. The number of rotatable bonds is 5. The van der Waals surface area contributed by atoms with Crippen molar-refractivity contribution in [2.45, 2.75) is 82.9 Å². The van der Waals surface area contributed by atoms with Gasteiger partial charge in [0.05, 0.1) is 24.8 Å². The molecule has 0 fully saturated rings. The molecule has 4 aromatic rings. The Morgan fingerprint density at radius 2 is 1.70 bits per heavy atom. The van der Waals surface area contributed by atoms with Gasteiger partial charge < -0.3 is 5.11 Å². The maximum absolute atomic E-state index is 14.9. The molecule has 1 aliphatic rings. The van der Waals surface area contributed by atoms with Crippen LogP contribution >= 0.6 is 11.3 Å². The van der Waals surface area contributed by atoms with Gasteiger partial charge in [0.25, 0.3) is 5.56 Å². The summed E-state index contributed by atoms with van der Waals surface area (Å²) in [6, 6.07) is 3.02. The van der Waals surface area contributed by atoms with Gasteiger partial charge in [0.15, 0.2) is 0 Å². The Morgan fingerprint density at radius 3 is 2.41 bits per heavy atom. The molecule has 0 saturated carbocycles. The van der Waals surface area contributed by atoms with Crippen LogP contribution in [0.3, 0.4) is 0 Å². The lowest BCUT2D eigenvalue weighted by Crippen LogP contribution is -2.40. The van der Waals surface area contributed by atoms with Crippen molar-refractivity contribution in [1.82, 2.24) is 24.3 Å². The van der Waals surface area contributed by atoms with Crippen LogP contribution in [0.25, 0.3) is 10.2 Å². The van der Waals surface area contributed by atoms with E-state index in [2.05, 4.69) is 15.1 Å². The molecule has 196 valence electrons. The van der Waals surface area contributed by atoms with Gasteiger partial charge in [-0.3, -0.25) is 9.36 Å². The van der Waals surface area contributed by atoms with Crippen LogP contribution in [0.1, 0.15) is 67.4 Å². The third-order valence-electron chi connectivity index (χ3n) is 7.20. The molecule has 0 saturated heterocycles. The Balaban J connectivity index is 1.55. The molecule has 0 bridgehead atoms. The van der Waals surface area contributed by atoms with Crippen LogP contribution in [-0.4, -0.2) is 29.4 Å². The highest BCUT2D eigenvalue weighted by molar-refractivity contribution is 7.18. The highest BCUT2D eigenvalue weighted by Crippen LogP contribution is 2.32. The van der Waals surface area contributed by atoms with Crippen molar-refractivity contribution in [3.05, 3.63) is 75.2 Å². The normalized spacial score (nSPS) is 17.1. The van der Waals surface area contributed by atoms with E-state index in [0.29, 0.717) is 10.2 Å². The van der Waals surface area contributed by atoms with Gasteiger partial charge >= 0.3 is 0 Å². The van der Waals surface area contributed by atoms with E-state index in [1.807, 2.05) is 0 Å². The van der Waals surface area contributed by atoms with E-state index < -0.39 is 17.2 Å². The molecule has 1 aliphatic carbocycles. The molecule has 1 atom stereocenters. The molecule has 7 nitrogen and oxygen atoms in total. The minimum atomic E-state index is -1.90. The topological polar surface area (TPSA) is 85.8 Å². The quantitative estimate of drug-likeness (QED) is 0.389. The van der Waals surface area contributed by atoms with Crippen molar-refractivity contribution in [1.29, 1.82) is 0 Å². The number of halogens is 2. The number of thiophene rings is 1. The molecule has 5 rings (SSSR count). The van der Waals surface area contributed by atoms with Gasteiger partial charge in [0.2, 0.25) is 0 Å². The van der Waals surface area contributed by atoms with Gasteiger partial charge in [-0.15, -0.1) is 11.3 Å². The zero-order chi connectivity index (χ0) is 25.8. The van der Waals surface area contributed by atoms with E-state index in [0.717, 1.165) is 49.8 Å². The molecule has 1 N–H and O–H groups in total. The lowest BCUT2D eigenvalue weighted by atomic mass is 9.92. The largest absolute Gasteiger partial charge is 0.381 e. The predicted octanol–water partition coefficient (Wildman–Crippen LogP) is 5.14. The Hall–Kier alpha value is -2.98. The number of hydrogen-bond acceptors (Lipinski definition) is 6. The highest BCUT2D eigenvalue weighted by Gasteiger charge is 2.35. The SMILES string of the molecule is O=c1c2c3c(sc2ncn1CC(O)(Cn1cncn1)c1ccc(F)cc1F)CCCCCCCCCC3. The minimum absolute atomic E-state index is 0.128. The molecule has 1 unspecified atom stereocenters. The lowest BCUT2D eigenvalue weighted by molar-refractivity contribution is -0.00641. The molecule has 10 heteroatoms. The lowest BCUT2D eigenvalue weighted by Gasteiger charge is -2.29. The smallest absolute Gasteiger partial charge is 0.262 e. The van der Waals surface area contributed by atoms with Gasteiger partial charge in [-0.25, -0.2) is 23.4 Å². The summed E-state index contributed by atoms with van der Waals surface area (Å²) in [6.45, 7) is -0.455. The van der Waals surface area contributed by atoms with Crippen molar-refractivity contribution in [3.8, 4) is 0 Å². The van der Waals surface area contributed by atoms with Crippen LogP contribution in [0.2, 0.25) is 0 Å². The summed E-state index contributed by atoms with van der Waals surface area (Å²) in [7, 11) is 0. The Labute approximate surface area is 217 Å². The molecular weight excluding hydrogens is 496 g/mol. The zero-order valence-electron chi connectivity index (χ0n) is 20.7. The van der Waals surface area contributed by atoms with E-state index in [1.165, 1.54) is 71.3 Å². The van der Waals surface area contributed by atoms with E-state index in [-0.39, 0.29) is 24.2 Å². The molecule has 37 heavy (non-hydrogen) atoms. The van der Waals surface area contributed by atoms with Crippen molar-refractivity contribution >= 4 is 21.6 Å². The van der Waals surface area contributed by atoms with E-state index >= 15 is 0 Å². The maximum Gasteiger partial charge on any atom is 0.262 e. The molecule has 1 aromatic carbocycles. The second-order valence-electron chi connectivity index (χ2n) is 9.94. The summed E-state index contributed by atoms with van der Waals surface area (Å²) in [5, 5.41) is 16.4. The second-order valence-corrected chi connectivity index (χ2v) is 11.0. The van der Waals surface area contributed by atoms with E-state index in [9.17, 15) is 18.7 Å². The van der Waals surface area contributed by atoms with E-state index in [4.69, 9.17) is 0 Å². The monoisotopic (exact) mass is 527 g/mol. The first-order chi connectivity index (χ1) is 17.9. The summed E-state index contributed by atoms with van der Waals surface area (Å²) in [5.74, 6) is -1.65. The fraction of sp³-hybridized carbons (Fsp3) is 0.481. The summed E-state index contributed by atoms with van der Waals surface area (Å²) < 4.78 is 31.2. The molecule has 3 heterocycles. The summed E-state index contributed by atoms with van der Waals surface area (Å²) in [6.07, 6.45) is 15.3. The molecule has 3 aromatic heterocycles. The molecule has 0 amide bonds. The number of nitrogens with zero attached hydrogens (tertiary/aromatic N) is 5. The van der Waals surface area contributed by atoms with Crippen LogP contribution in [0.15, 0.2) is 42.0 Å². The number of aliphatic hydroxyl groups is 1. The fourth-order valence-electron chi connectivity index (χ4n) is 5.31. The first kappa shape index (κ1) is 25.7. The van der Waals surface area contributed by atoms with Crippen molar-refractivity contribution in [2.75, 3.05) is 0 Å². The number of aromatic nitrogens is 5. The second kappa shape index (κ2) is 11.2. The Kier molecular flexibility index (Phi) is 7.76. The van der Waals surface area contributed by atoms with Crippen LogP contribution in [0.4, 0.5) is 8.78 Å². The van der Waals surface area contributed by atoms with Crippen LogP contribution in [0.5, 0.6) is 0 Å². The summed E-state index contributed by atoms with van der Waals surface area (Å²) in [5.41, 5.74) is -1.22. The summed E-state index contributed by atoms with van der Waals surface area (Å²) >= 11 is 1.58. The molecule has 0 spiro atoms. The highest BCUT2D eigenvalue weighted by atomic mass is 32.1. The fourth-order valence-corrected chi connectivity index (χ4v) is 6.53. The Bertz CT molecular complexity index is 1420. The number of fused-ring (bicyclic) bond motifs is 3. The van der Waals surface area contributed by atoms with Crippen LogP contribution < -0.4 is 5.56 Å². The first-order valence-electron chi connectivity index (χ1n) is 12.9. The van der Waals surface area contributed by atoms with Gasteiger partial charge in [-0.2, -0.15) is 5.10 Å². The third kappa shape index (κ3) is 5.65. The van der Waals surface area contributed by atoms with Crippen LogP contribution in [-0.2, 0) is 31.5 Å². The van der Waals surface area contributed by atoms with Gasteiger partial charge in [-0.1, -0.05) is 44.6 Å². The van der Waals surface area contributed by atoms with Crippen molar-refractivity contribution in [2.24, 2.45) is 0 Å². The third-order valence-corrected chi connectivity index (χ3v) is 8.40. The number of aryl methyl sites for hydroxylation is 2. The van der Waals surface area contributed by atoms with Crippen LogP contribution in [0, 0.1) is 11.6 Å². The standard InChI is InChI=1S/C27H31F2N5O2S/c28-19-11-12-21(22(29)13-19)27(36,15-34-17-30-16-32-34)14-33-18-31-25-24(26(33)35)20-9-7-5-3-1-2-4-6-8-10-23(20)37-25/h11-13,16-18,36H,1-10,14-15H2. The van der Waals surface area contributed by atoms with Crippen molar-refractivity contribution in [3.63, 3.8) is 0 Å². The van der Waals surface area contributed by atoms with Gasteiger partial charge in [0, 0.05) is 16.5 Å².